The number of rotatable bonds is 5. The molecular weight excluding hydrogens is 743 g/mol. The van der Waals surface area contributed by atoms with E-state index in [-0.39, 0.29) is 48.1 Å². The van der Waals surface area contributed by atoms with Gasteiger partial charge >= 0.3 is 5.97 Å². The van der Waals surface area contributed by atoms with E-state index < -0.39 is 41.1 Å². The van der Waals surface area contributed by atoms with Crippen LogP contribution in [0.4, 0.5) is 30.8 Å². The van der Waals surface area contributed by atoms with Crippen molar-refractivity contribution in [2.75, 3.05) is 48.9 Å². The Morgan fingerprint density at radius 1 is 1.02 bits per heavy atom. The van der Waals surface area contributed by atoms with Gasteiger partial charge in [-0.2, -0.15) is 15.1 Å². The Morgan fingerprint density at radius 3 is 2.58 bits per heavy atom. The van der Waals surface area contributed by atoms with Gasteiger partial charge in [0.1, 0.15) is 46.4 Å². The second-order valence-electron chi connectivity index (χ2n) is 15.0. The molecule has 2 N–H and O–H groups in total. The number of hydrogen-bond donors (Lipinski definition) is 2. The zero-order chi connectivity index (χ0) is 39.9. The minimum absolute atomic E-state index is 0.0535. The number of carbonyl (C=O) groups excluding carboxylic acids is 1. The van der Waals surface area contributed by atoms with Gasteiger partial charge in [-0.1, -0.05) is 6.07 Å². The van der Waals surface area contributed by atoms with Crippen molar-refractivity contribution >= 4 is 51.5 Å². The van der Waals surface area contributed by atoms with E-state index in [0.29, 0.717) is 65.3 Å². The lowest BCUT2D eigenvalue weighted by Crippen LogP contribution is -2.63. The van der Waals surface area contributed by atoms with Gasteiger partial charge in [-0.05, 0) is 57.0 Å². The number of fused-ring (bicyclic) bond motifs is 6. The number of ether oxygens (including phenoxy) is 1. The van der Waals surface area contributed by atoms with Crippen molar-refractivity contribution in [1.29, 1.82) is 0 Å². The number of anilines is 3. The fraction of sp³-hybridized carbons (Fsp3) is 0.359. The molecule has 294 valence electrons. The second kappa shape index (κ2) is 13.4. The predicted octanol–water partition coefficient (Wildman–Crippen LogP) is 4.55. The normalized spacial score (nSPS) is 22.4. The molecule has 18 heteroatoms. The average Bonchev–Trinajstić information content (AvgIpc) is 3.87. The summed E-state index contributed by atoms with van der Waals surface area (Å²) in [7, 11) is 3.27. The molecule has 4 atom stereocenters. The van der Waals surface area contributed by atoms with Crippen LogP contribution >= 0.6 is 0 Å². The van der Waals surface area contributed by atoms with Gasteiger partial charge in [-0.25, -0.2) is 32.6 Å². The summed E-state index contributed by atoms with van der Waals surface area (Å²) in [5.74, 6) is -1.93. The molecule has 4 bridgehead atoms. The summed E-state index contributed by atoms with van der Waals surface area (Å²) in [6.45, 7) is 4.47. The molecule has 0 aliphatic carbocycles. The van der Waals surface area contributed by atoms with Gasteiger partial charge in [0.25, 0.3) is 0 Å². The van der Waals surface area contributed by atoms with E-state index in [4.69, 9.17) is 19.7 Å². The summed E-state index contributed by atoms with van der Waals surface area (Å²) >= 11 is 0. The number of carboxylic acids is 1. The number of imidazole rings is 1. The number of aromatic nitrogens is 7. The number of methoxy groups -OCH3 is 1. The molecule has 2 fully saturated rings. The molecule has 7 heterocycles. The van der Waals surface area contributed by atoms with Crippen LogP contribution in [0.5, 0.6) is 0 Å². The number of likely N-dealkylation sites (N-methyl/N-ethyl adjacent to an activating group) is 1. The van der Waals surface area contributed by atoms with Crippen molar-refractivity contribution in [2.45, 2.75) is 57.0 Å². The first kappa shape index (κ1) is 36.3. The topological polar surface area (TPSA) is 160 Å². The minimum Gasteiger partial charge on any atom is -0.480 e. The van der Waals surface area contributed by atoms with E-state index in [0.717, 1.165) is 12.1 Å². The molecule has 4 unspecified atom stereocenters. The van der Waals surface area contributed by atoms with Crippen molar-refractivity contribution in [3.05, 3.63) is 78.0 Å². The number of carbonyl (C=O) groups is 2. The van der Waals surface area contributed by atoms with E-state index >= 15 is 8.78 Å². The van der Waals surface area contributed by atoms with Crippen molar-refractivity contribution in [1.82, 2.24) is 39.2 Å². The van der Waals surface area contributed by atoms with Crippen molar-refractivity contribution < 1.29 is 32.6 Å². The van der Waals surface area contributed by atoms with E-state index in [1.54, 1.807) is 43.0 Å². The highest BCUT2D eigenvalue weighted by Gasteiger charge is 2.49. The van der Waals surface area contributed by atoms with Crippen molar-refractivity contribution in [3.63, 3.8) is 0 Å². The molecule has 9 rings (SSSR count). The zero-order valence-electron chi connectivity index (χ0n) is 31.4. The SMILES string of the molecule is COC1CN(C)C(=O)C2CC(CN2c2nc(N3CCC3(C)C(=O)O)nc3c2cnn3-c2ccc(F)cc2F)Nc2cccc(n2)-c2cc(F)cc3nc(C)n(c23)C1. The van der Waals surface area contributed by atoms with Crippen LogP contribution in [0.25, 0.3) is 39.0 Å². The number of halogens is 3. The van der Waals surface area contributed by atoms with Crippen LogP contribution in [0.1, 0.15) is 25.6 Å². The largest absolute Gasteiger partial charge is 0.480 e. The van der Waals surface area contributed by atoms with Gasteiger partial charge < -0.3 is 34.4 Å². The summed E-state index contributed by atoms with van der Waals surface area (Å²) in [6, 6.07) is 10.2. The first-order chi connectivity index (χ1) is 27.3. The fourth-order valence-electron chi connectivity index (χ4n) is 8.27. The van der Waals surface area contributed by atoms with Crippen LogP contribution in [0.2, 0.25) is 0 Å². The number of hydrogen-bond acceptors (Lipinski definition) is 11. The van der Waals surface area contributed by atoms with Gasteiger partial charge in [0, 0.05) is 57.5 Å². The Hall–Kier alpha value is -6.30. The van der Waals surface area contributed by atoms with Crippen molar-refractivity contribution in [2.24, 2.45) is 0 Å². The Balaban J connectivity index is 1.19. The summed E-state index contributed by atoms with van der Waals surface area (Å²) < 4.78 is 53.5. The molecule has 57 heavy (non-hydrogen) atoms. The number of nitrogens with one attached hydrogen (secondary N) is 1. The Labute approximate surface area is 323 Å². The van der Waals surface area contributed by atoms with E-state index in [1.165, 1.54) is 29.1 Å². The molecule has 0 spiro atoms. The molecule has 3 aliphatic heterocycles. The molecular formula is C39H38F3N11O4. The number of aryl methyl sites for hydroxylation is 1. The van der Waals surface area contributed by atoms with Crippen molar-refractivity contribution in [3.8, 4) is 16.9 Å². The summed E-state index contributed by atoms with van der Waals surface area (Å²) in [5.41, 5.74) is 0.988. The molecule has 0 radical (unpaired) electrons. The summed E-state index contributed by atoms with van der Waals surface area (Å²) in [5, 5.41) is 18.5. The first-order valence-electron chi connectivity index (χ1n) is 18.5. The van der Waals surface area contributed by atoms with Crippen LogP contribution in [0, 0.1) is 24.4 Å². The van der Waals surface area contributed by atoms with Gasteiger partial charge in [-0.3, -0.25) is 4.79 Å². The molecule has 3 aliphatic rings. The minimum atomic E-state index is -1.32. The predicted molar refractivity (Wildman–Crippen MR) is 204 cm³/mol. The number of pyridine rings is 1. The molecule has 2 aromatic carbocycles. The van der Waals surface area contributed by atoms with Gasteiger partial charge in [-0.15, -0.1) is 0 Å². The van der Waals surface area contributed by atoms with E-state index in [9.17, 15) is 19.1 Å². The van der Waals surface area contributed by atoms with E-state index in [1.807, 2.05) is 22.5 Å². The molecule has 1 amide bonds. The monoisotopic (exact) mass is 781 g/mol. The Morgan fingerprint density at radius 2 is 1.84 bits per heavy atom. The van der Waals surface area contributed by atoms with E-state index in [2.05, 4.69) is 15.4 Å². The van der Waals surface area contributed by atoms with Gasteiger partial charge in [0.2, 0.25) is 11.9 Å². The van der Waals surface area contributed by atoms with Crippen LogP contribution in [0.15, 0.2) is 54.7 Å². The number of nitrogens with zero attached hydrogens (tertiary/aromatic N) is 10. The lowest BCUT2D eigenvalue weighted by molar-refractivity contribution is -0.145. The maximum absolute atomic E-state index is 15.3. The maximum atomic E-state index is 15.3. The third-order valence-corrected chi connectivity index (χ3v) is 11.5. The molecule has 6 aromatic rings. The van der Waals surface area contributed by atoms with Crippen LogP contribution in [0.3, 0.4) is 0 Å². The quantitative estimate of drug-likeness (QED) is 0.252. The second-order valence-corrected chi connectivity index (χ2v) is 15.0. The van der Waals surface area contributed by atoms with Gasteiger partial charge in [0.15, 0.2) is 11.5 Å². The third kappa shape index (κ3) is 5.96. The average molecular weight is 782 g/mol. The first-order valence-corrected chi connectivity index (χ1v) is 18.5. The smallest absolute Gasteiger partial charge is 0.329 e. The number of carboxylic acid groups (broad SMARTS) is 1. The lowest BCUT2D eigenvalue weighted by Gasteiger charge is -2.47. The lowest BCUT2D eigenvalue weighted by atomic mass is 9.87. The molecule has 15 nitrogen and oxygen atoms in total. The summed E-state index contributed by atoms with van der Waals surface area (Å²) in [6.07, 6.45) is 1.60. The Kier molecular flexibility index (Phi) is 8.56. The molecule has 2 saturated heterocycles. The zero-order valence-corrected chi connectivity index (χ0v) is 31.4. The van der Waals surface area contributed by atoms with Gasteiger partial charge in [0.05, 0.1) is 41.0 Å². The number of aliphatic carboxylic acids is 1. The highest BCUT2D eigenvalue weighted by atomic mass is 19.1. The van der Waals surface area contributed by atoms with Crippen LogP contribution in [-0.4, -0.2) is 114 Å². The third-order valence-electron chi connectivity index (χ3n) is 11.5. The molecule has 0 saturated carbocycles. The standard InChI is InChI=1S/C39H38F3N11O4/c1-20-44-29-14-22(41)12-25-28-6-5-7-32(46-28)45-23-15-31(36(54)49(3)18-24(57-4)19-50(20)33(25)29)51(17-23)34-26-16-43-53(30-9-8-21(40)13-27(30)42)35(26)48-38(47-34)52-11-10-39(52,2)37(55)56/h5-9,12-14,16,23-24,31H,10-11,15,17-19H2,1-4H3,(H,45,46)(H,55,56). The fourth-order valence-corrected chi connectivity index (χ4v) is 8.27. The highest BCUT2D eigenvalue weighted by Crippen LogP contribution is 2.40. The van der Waals surface area contributed by atoms with Crippen LogP contribution < -0.4 is 15.1 Å². The summed E-state index contributed by atoms with van der Waals surface area (Å²) in [4.78, 5) is 51.4. The highest BCUT2D eigenvalue weighted by molar-refractivity contribution is 5.95. The number of amides is 1. The number of benzene rings is 2. The maximum Gasteiger partial charge on any atom is 0.329 e. The van der Waals surface area contributed by atoms with Crippen LogP contribution in [-0.2, 0) is 20.9 Å². The molecule has 4 aromatic heterocycles. The Bertz CT molecular complexity index is 2620.